The third kappa shape index (κ3) is 23.5. The number of aliphatic hydroxyl groups excluding tert-OH is 1. The Kier molecular flexibility index (Phi) is 24.8. The standard InChI is InChI=1S/C29H52O5/c1-3-5-7-9-11-13-15-17-19-21-23-28(31)33-26-27(25-30)34-29(32)24-22-20-18-16-14-12-10-8-6-4-2/h7-10,27,30H,3-6,11-26H2,1-2H3/b9-7-,10-8-. The molecule has 0 aliphatic heterocycles. The molecule has 0 aliphatic carbocycles. The second-order valence-electron chi connectivity index (χ2n) is 9.11. The number of aliphatic hydroxyl groups is 1. The molecule has 0 aromatic carbocycles. The number of carbonyl (C=O) groups excluding carboxylic acids is 2. The summed E-state index contributed by atoms with van der Waals surface area (Å²) in [7, 11) is 0. The van der Waals surface area contributed by atoms with Gasteiger partial charge in [-0.1, -0.05) is 89.5 Å². The van der Waals surface area contributed by atoms with Crippen LogP contribution in [0.2, 0.25) is 0 Å². The highest BCUT2D eigenvalue weighted by Crippen LogP contribution is 2.11. The Morgan fingerprint density at radius 2 is 1.09 bits per heavy atom. The van der Waals surface area contributed by atoms with E-state index in [0.29, 0.717) is 12.8 Å². The van der Waals surface area contributed by atoms with Gasteiger partial charge >= 0.3 is 11.9 Å². The third-order valence-corrected chi connectivity index (χ3v) is 5.68. The van der Waals surface area contributed by atoms with E-state index in [9.17, 15) is 14.7 Å². The molecule has 0 saturated carbocycles. The van der Waals surface area contributed by atoms with Crippen LogP contribution >= 0.6 is 0 Å². The van der Waals surface area contributed by atoms with Crippen LogP contribution < -0.4 is 0 Å². The third-order valence-electron chi connectivity index (χ3n) is 5.68. The summed E-state index contributed by atoms with van der Waals surface area (Å²) in [5.74, 6) is -0.622. The van der Waals surface area contributed by atoms with E-state index in [1.807, 2.05) is 0 Å². The fraction of sp³-hybridized carbons (Fsp3) is 0.793. The van der Waals surface area contributed by atoms with E-state index < -0.39 is 6.10 Å². The van der Waals surface area contributed by atoms with Crippen LogP contribution in [0.25, 0.3) is 0 Å². The van der Waals surface area contributed by atoms with Gasteiger partial charge in [0.1, 0.15) is 6.61 Å². The number of rotatable bonds is 24. The fourth-order valence-electron chi connectivity index (χ4n) is 3.56. The molecule has 198 valence electrons. The van der Waals surface area contributed by atoms with Gasteiger partial charge in [0.2, 0.25) is 0 Å². The Hall–Kier alpha value is -1.62. The van der Waals surface area contributed by atoms with E-state index in [4.69, 9.17) is 9.47 Å². The molecule has 5 heteroatoms. The summed E-state index contributed by atoms with van der Waals surface area (Å²) in [6.07, 6.45) is 26.6. The molecule has 0 fully saturated rings. The zero-order valence-electron chi connectivity index (χ0n) is 22.1. The molecule has 1 atom stereocenters. The van der Waals surface area contributed by atoms with Crippen LogP contribution in [0.1, 0.15) is 129 Å². The van der Waals surface area contributed by atoms with Gasteiger partial charge in [-0.25, -0.2) is 0 Å². The number of hydrogen-bond donors (Lipinski definition) is 1. The number of unbranched alkanes of at least 4 members (excludes halogenated alkanes) is 12. The predicted molar refractivity (Wildman–Crippen MR) is 141 cm³/mol. The molecule has 0 bridgehead atoms. The summed E-state index contributed by atoms with van der Waals surface area (Å²) in [4.78, 5) is 23.9. The van der Waals surface area contributed by atoms with Crippen LogP contribution in [-0.2, 0) is 19.1 Å². The smallest absolute Gasteiger partial charge is 0.306 e. The van der Waals surface area contributed by atoms with E-state index in [1.165, 1.54) is 38.5 Å². The van der Waals surface area contributed by atoms with Gasteiger partial charge in [0.25, 0.3) is 0 Å². The summed E-state index contributed by atoms with van der Waals surface area (Å²) in [5.41, 5.74) is 0. The highest BCUT2D eigenvalue weighted by atomic mass is 16.6. The summed E-state index contributed by atoms with van der Waals surface area (Å²) in [6.45, 7) is 3.96. The van der Waals surface area contributed by atoms with Crippen molar-refractivity contribution in [1.82, 2.24) is 0 Å². The van der Waals surface area contributed by atoms with Crippen LogP contribution in [0.3, 0.4) is 0 Å². The van der Waals surface area contributed by atoms with Crippen LogP contribution in [0.5, 0.6) is 0 Å². The summed E-state index contributed by atoms with van der Waals surface area (Å²) in [5, 5.41) is 9.42. The van der Waals surface area contributed by atoms with E-state index in [0.717, 1.165) is 64.2 Å². The number of carbonyl (C=O) groups is 2. The topological polar surface area (TPSA) is 72.8 Å². The number of esters is 2. The molecule has 0 aromatic heterocycles. The van der Waals surface area contributed by atoms with Crippen molar-refractivity contribution in [2.75, 3.05) is 13.2 Å². The van der Waals surface area contributed by atoms with Crippen molar-refractivity contribution in [2.24, 2.45) is 0 Å². The second-order valence-corrected chi connectivity index (χ2v) is 9.11. The molecule has 5 nitrogen and oxygen atoms in total. The Morgan fingerprint density at radius 1 is 0.647 bits per heavy atom. The highest BCUT2D eigenvalue weighted by Gasteiger charge is 2.16. The molecule has 0 heterocycles. The lowest BCUT2D eigenvalue weighted by Gasteiger charge is -2.15. The van der Waals surface area contributed by atoms with E-state index in [1.54, 1.807) is 0 Å². The summed E-state index contributed by atoms with van der Waals surface area (Å²) < 4.78 is 10.4. The van der Waals surface area contributed by atoms with Crippen molar-refractivity contribution in [3.63, 3.8) is 0 Å². The van der Waals surface area contributed by atoms with Crippen molar-refractivity contribution in [2.45, 2.75) is 136 Å². The lowest BCUT2D eigenvalue weighted by Crippen LogP contribution is -2.28. The Morgan fingerprint density at radius 3 is 1.59 bits per heavy atom. The Balaban J connectivity index is 3.65. The molecule has 0 saturated heterocycles. The Labute approximate surface area is 209 Å². The predicted octanol–water partition coefficient (Wildman–Crippen LogP) is 7.61. The van der Waals surface area contributed by atoms with Crippen LogP contribution in [0.15, 0.2) is 24.3 Å². The van der Waals surface area contributed by atoms with Gasteiger partial charge < -0.3 is 14.6 Å². The maximum atomic E-state index is 12.0. The lowest BCUT2D eigenvalue weighted by atomic mass is 10.1. The fourth-order valence-corrected chi connectivity index (χ4v) is 3.56. The van der Waals surface area contributed by atoms with Gasteiger partial charge in [0.05, 0.1) is 6.61 Å². The average Bonchev–Trinajstić information content (AvgIpc) is 2.84. The molecule has 0 radical (unpaired) electrons. The van der Waals surface area contributed by atoms with Gasteiger partial charge in [-0.3, -0.25) is 9.59 Å². The maximum Gasteiger partial charge on any atom is 0.306 e. The molecule has 34 heavy (non-hydrogen) atoms. The molecule has 0 spiro atoms. The van der Waals surface area contributed by atoms with Crippen LogP contribution in [0, 0.1) is 0 Å². The zero-order chi connectivity index (χ0) is 25.1. The second kappa shape index (κ2) is 26.0. The van der Waals surface area contributed by atoms with Crippen molar-refractivity contribution < 1.29 is 24.2 Å². The average molecular weight is 481 g/mol. The minimum atomic E-state index is -0.771. The van der Waals surface area contributed by atoms with Gasteiger partial charge in [-0.05, 0) is 51.4 Å². The van der Waals surface area contributed by atoms with Crippen LogP contribution in [0.4, 0.5) is 0 Å². The van der Waals surface area contributed by atoms with Gasteiger partial charge in [0.15, 0.2) is 6.10 Å². The van der Waals surface area contributed by atoms with Gasteiger partial charge in [-0.2, -0.15) is 0 Å². The minimum absolute atomic E-state index is 0.0727. The molecule has 1 N–H and O–H groups in total. The Bertz CT molecular complexity index is 527. The molecule has 1 unspecified atom stereocenters. The summed E-state index contributed by atoms with van der Waals surface area (Å²) >= 11 is 0. The summed E-state index contributed by atoms with van der Waals surface area (Å²) in [6, 6.07) is 0. The SMILES string of the molecule is CCC/C=C\CCCCCCCC(=O)OCC(CO)OC(=O)CCCCCCC/C=C\CCC. The van der Waals surface area contributed by atoms with Crippen molar-refractivity contribution in [3.8, 4) is 0 Å². The molecular weight excluding hydrogens is 428 g/mol. The highest BCUT2D eigenvalue weighted by molar-refractivity contribution is 5.70. The lowest BCUT2D eigenvalue weighted by molar-refractivity contribution is -0.161. The first-order valence-corrected chi connectivity index (χ1v) is 13.9. The minimum Gasteiger partial charge on any atom is -0.462 e. The zero-order valence-corrected chi connectivity index (χ0v) is 22.1. The first-order valence-electron chi connectivity index (χ1n) is 13.9. The first-order chi connectivity index (χ1) is 16.6. The molecule has 0 rings (SSSR count). The quantitative estimate of drug-likeness (QED) is 0.0874. The first kappa shape index (κ1) is 32.4. The maximum absolute atomic E-state index is 12.0. The molecule has 0 aromatic rings. The van der Waals surface area contributed by atoms with Crippen molar-refractivity contribution in [3.05, 3.63) is 24.3 Å². The molecule has 0 amide bonds. The van der Waals surface area contributed by atoms with Crippen molar-refractivity contribution >= 4 is 11.9 Å². The van der Waals surface area contributed by atoms with Crippen LogP contribution in [-0.4, -0.2) is 36.4 Å². The molecule has 0 aliphatic rings. The van der Waals surface area contributed by atoms with E-state index >= 15 is 0 Å². The normalized spacial score (nSPS) is 12.4. The monoisotopic (exact) mass is 480 g/mol. The number of allylic oxidation sites excluding steroid dienone is 4. The van der Waals surface area contributed by atoms with E-state index in [2.05, 4.69) is 38.2 Å². The largest absolute Gasteiger partial charge is 0.462 e. The van der Waals surface area contributed by atoms with Crippen molar-refractivity contribution in [1.29, 1.82) is 0 Å². The number of ether oxygens (including phenoxy) is 2. The van der Waals surface area contributed by atoms with Gasteiger partial charge in [0, 0.05) is 12.8 Å². The molecular formula is C29H52O5. The van der Waals surface area contributed by atoms with Gasteiger partial charge in [-0.15, -0.1) is 0 Å². The van der Waals surface area contributed by atoms with E-state index in [-0.39, 0.29) is 25.2 Å². The number of hydrogen-bond acceptors (Lipinski definition) is 5.